The van der Waals surface area contributed by atoms with Gasteiger partial charge < -0.3 is 25.7 Å². The molecule has 0 spiro atoms. The highest BCUT2D eigenvalue weighted by Crippen LogP contribution is 2.16. The lowest BCUT2D eigenvalue weighted by atomic mass is 10.0. The van der Waals surface area contributed by atoms with Gasteiger partial charge >= 0.3 is 6.03 Å². The van der Waals surface area contributed by atoms with E-state index in [0.717, 1.165) is 0 Å². The Hall–Kier alpha value is -4.07. The van der Waals surface area contributed by atoms with Gasteiger partial charge in [-0.2, -0.15) is 0 Å². The van der Waals surface area contributed by atoms with Crippen molar-refractivity contribution in [2.75, 3.05) is 16.0 Å². The first kappa shape index (κ1) is 21.6. The molecule has 4 N–H and O–H groups in total. The van der Waals surface area contributed by atoms with Crippen molar-refractivity contribution in [3.05, 3.63) is 78.8 Å². The summed E-state index contributed by atoms with van der Waals surface area (Å²) >= 11 is 0. The van der Waals surface area contributed by atoms with Gasteiger partial charge in [0.05, 0.1) is 6.26 Å². The van der Waals surface area contributed by atoms with Crippen molar-refractivity contribution in [2.24, 2.45) is 5.92 Å². The van der Waals surface area contributed by atoms with E-state index in [-0.39, 0.29) is 23.5 Å². The molecule has 3 aromatic rings. The number of urea groups is 1. The number of hydrogen-bond donors (Lipinski definition) is 4. The largest absolute Gasteiger partial charge is 0.459 e. The third kappa shape index (κ3) is 6.20. The van der Waals surface area contributed by atoms with Crippen LogP contribution in [0.5, 0.6) is 0 Å². The van der Waals surface area contributed by atoms with E-state index in [2.05, 4.69) is 21.3 Å². The number of carbonyl (C=O) groups is 3. The van der Waals surface area contributed by atoms with Crippen LogP contribution in [0.3, 0.4) is 0 Å². The number of para-hydroxylation sites is 1. The Balaban J connectivity index is 1.57. The molecule has 0 aliphatic carbocycles. The molecule has 1 heterocycles. The smallest absolute Gasteiger partial charge is 0.319 e. The van der Waals surface area contributed by atoms with Crippen molar-refractivity contribution < 1.29 is 18.8 Å². The molecule has 0 saturated heterocycles. The van der Waals surface area contributed by atoms with Crippen LogP contribution in [0.1, 0.15) is 24.4 Å². The van der Waals surface area contributed by atoms with E-state index < -0.39 is 12.1 Å². The molecule has 4 amide bonds. The molecule has 160 valence electrons. The Morgan fingerprint density at radius 3 is 1.94 bits per heavy atom. The van der Waals surface area contributed by atoms with Crippen molar-refractivity contribution in [3.8, 4) is 0 Å². The summed E-state index contributed by atoms with van der Waals surface area (Å²) in [6, 6.07) is 17.6. The van der Waals surface area contributed by atoms with Gasteiger partial charge in [-0.3, -0.25) is 9.59 Å². The first-order valence-electron chi connectivity index (χ1n) is 9.80. The number of furan rings is 1. The molecule has 8 nitrogen and oxygen atoms in total. The van der Waals surface area contributed by atoms with Gasteiger partial charge in [-0.25, -0.2) is 4.79 Å². The van der Waals surface area contributed by atoms with Gasteiger partial charge in [0.15, 0.2) is 5.76 Å². The summed E-state index contributed by atoms with van der Waals surface area (Å²) in [5, 5.41) is 10.9. The van der Waals surface area contributed by atoms with Crippen LogP contribution in [-0.2, 0) is 4.79 Å². The molecule has 1 unspecified atom stereocenters. The second kappa shape index (κ2) is 10.1. The summed E-state index contributed by atoms with van der Waals surface area (Å²) in [4.78, 5) is 37.0. The average Bonchev–Trinajstić information content (AvgIpc) is 3.29. The van der Waals surface area contributed by atoms with Gasteiger partial charge in [-0.1, -0.05) is 32.0 Å². The third-order valence-corrected chi connectivity index (χ3v) is 4.42. The van der Waals surface area contributed by atoms with Crippen LogP contribution in [0.2, 0.25) is 0 Å². The fraction of sp³-hybridized carbons (Fsp3) is 0.174. The minimum Gasteiger partial charge on any atom is -0.459 e. The third-order valence-electron chi connectivity index (χ3n) is 4.42. The molecular weight excluding hydrogens is 396 g/mol. The molecule has 0 saturated carbocycles. The standard InChI is InChI=1S/C23H24N4O4/c1-15(2)20(27-23(30)26-16-7-4-3-5-8-16)22(29)25-18-12-10-17(11-13-18)24-21(28)19-9-6-14-31-19/h3-15,20H,1-2H3,(H,24,28)(H,25,29)(H2,26,27,30). The maximum Gasteiger partial charge on any atom is 0.319 e. The Labute approximate surface area is 180 Å². The number of carbonyl (C=O) groups excluding carboxylic acids is 3. The number of benzene rings is 2. The zero-order valence-corrected chi connectivity index (χ0v) is 17.2. The second-order valence-electron chi connectivity index (χ2n) is 7.18. The second-order valence-corrected chi connectivity index (χ2v) is 7.18. The predicted molar refractivity (Wildman–Crippen MR) is 119 cm³/mol. The zero-order chi connectivity index (χ0) is 22.2. The van der Waals surface area contributed by atoms with E-state index in [9.17, 15) is 14.4 Å². The molecule has 0 fully saturated rings. The quantitative estimate of drug-likeness (QED) is 0.456. The topological polar surface area (TPSA) is 112 Å². The van der Waals surface area contributed by atoms with Crippen LogP contribution in [0, 0.1) is 5.92 Å². The van der Waals surface area contributed by atoms with Crippen LogP contribution < -0.4 is 21.3 Å². The predicted octanol–water partition coefficient (Wildman–Crippen LogP) is 4.32. The number of hydrogen-bond acceptors (Lipinski definition) is 4. The van der Waals surface area contributed by atoms with Gasteiger partial charge in [0.2, 0.25) is 5.91 Å². The molecule has 0 bridgehead atoms. The number of nitrogens with one attached hydrogen (secondary N) is 4. The number of anilines is 3. The minimum atomic E-state index is -0.734. The highest BCUT2D eigenvalue weighted by Gasteiger charge is 2.24. The highest BCUT2D eigenvalue weighted by molar-refractivity contribution is 6.02. The zero-order valence-electron chi connectivity index (χ0n) is 17.2. The first-order chi connectivity index (χ1) is 14.9. The van der Waals surface area contributed by atoms with Crippen molar-refractivity contribution in [2.45, 2.75) is 19.9 Å². The van der Waals surface area contributed by atoms with Gasteiger partial charge in [0.25, 0.3) is 5.91 Å². The Morgan fingerprint density at radius 1 is 0.742 bits per heavy atom. The van der Waals surface area contributed by atoms with Crippen LogP contribution in [-0.4, -0.2) is 23.9 Å². The summed E-state index contributed by atoms with van der Waals surface area (Å²) < 4.78 is 5.05. The summed E-state index contributed by atoms with van der Waals surface area (Å²) in [6.45, 7) is 3.70. The van der Waals surface area contributed by atoms with Crippen molar-refractivity contribution in [1.29, 1.82) is 0 Å². The minimum absolute atomic E-state index is 0.131. The van der Waals surface area contributed by atoms with E-state index in [1.807, 2.05) is 32.0 Å². The maximum absolute atomic E-state index is 12.7. The number of rotatable bonds is 7. The highest BCUT2D eigenvalue weighted by atomic mass is 16.3. The van der Waals surface area contributed by atoms with E-state index >= 15 is 0 Å². The molecule has 3 rings (SSSR count). The number of amides is 4. The van der Waals surface area contributed by atoms with Crippen molar-refractivity contribution in [3.63, 3.8) is 0 Å². The van der Waals surface area contributed by atoms with Crippen LogP contribution in [0.15, 0.2) is 77.4 Å². The molecule has 0 radical (unpaired) electrons. The fourth-order valence-electron chi connectivity index (χ4n) is 2.82. The SMILES string of the molecule is CC(C)C(NC(=O)Nc1ccccc1)C(=O)Nc1ccc(NC(=O)c2ccco2)cc1. The van der Waals surface area contributed by atoms with Gasteiger partial charge in [-0.15, -0.1) is 0 Å². The van der Waals surface area contributed by atoms with Crippen molar-refractivity contribution in [1.82, 2.24) is 5.32 Å². The lowest BCUT2D eigenvalue weighted by Crippen LogP contribution is -2.48. The fourth-order valence-corrected chi connectivity index (χ4v) is 2.82. The molecule has 0 aliphatic heterocycles. The molecule has 1 aromatic heterocycles. The normalized spacial score (nSPS) is 11.5. The van der Waals surface area contributed by atoms with Gasteiger partial charge in [0, 0.05) is 17.1 Å². The maximum atomic E-state index is 12.7. The lowest BCUT2D eigenvalue weighted by molar-refractivity contribution is -0.118. The van der Waals surface area contributed by atoms with Crippen molar-refractivity contribution >= 4 is 34.9 Å². The molecule has 8 heteroatoms. The van der Waals surface area contributed by atoms with Gasteiger partial charge in [0.1, 0.15) is 6.04 Å². The summed E-state index contributed by atoms with van der Waals surface area (Å²) in [5.41, 5.74) is 1.73. The molecule has 1 atom stereocenters. The molecular formula is C23H24N4O4. The summed E-state index contributed by atoms with van der Waals surface area (Å²) in [6.07, 6.45) is 1.42. The van der Waals surface area contributed by atoms with E-state index in [4.69, 9.17) is 4.42 Å². The Morgan fingerprint density at radius 2 is 1.35 bits per heavy atom. The van der Waals surface area contributed by atoms with Gasteiger partial charge in [-0.05, 0) is 54.4 Å². The Kier molecular flexibility index (Phi) is 7.05. The first-order valence-corrected chi connectivity index (χ1v) is 9.80. The van der Waals surface area contributed by atoms with Crippen LogP contribution in [0.4, 0.5) is 21.9 Å². The van der Waals surface area contributed by atoms with E-state index in [1.165, 1.54) is 6.26 Å². The average molecular weight is 420 g/mol. The molecule has 31 heavy (non-hydrogen) atoms. The summed E-state index contributed by atoms with van der Waals surface area (Å²) in [7, 11) is 0. The molecule has 2 aromatic carbocycles. The Bertz CT molecular complexity index is 1020. The van der Waals surface area contributed by atoms with Crippen LogP contribution >= 0.6 is 0 Å². The van der Waals surface area contributed by atoms with E-state index in [1.54, 1.807) is 48.5 Å². The summed E-state index contributed by atoms with van der Waals surface area (Å²) in [5.74, 6) is -0.633. The monoisotopic (exact) mass is 420 g/mol. The van der Waals surface area contributed by atoms with Crippen LogP contribution in [0.25, 0.3) is 0 Å². The van der Waals surface area contributed by atoms with E-state index in [0.29, 0.717) is 17.1 Å². The molecule has 0 aliphatic rings. The lowest BCUT2D eigenvalue weighted by Gasteiger charge is -2.22.